The van der Waals surface area contributed by atoms with Crippen LogP contribution in [0.3, 0.4) is 0 Å². The molecule has 0 radical (unpaired) electrons. The van der Waals surface area contributed by atoms with Gasteiger partial charge in [0.2, 0.25) is 11.8 Å². The van der Waals surface area contributed by atoms with Crippen molar-refractivity contribution in [1.29, 1.82) is 0 Å². The normalized spacial score (nSPS) is 23.1. The summed E-state index contributed by atoms with van der Waals surface area (Å²) in [4.78, 5) is 44.7. The first-order valence-corrected chi connectivity index (χ1v) is 12.7. The summed E-state index contributed by atoms with van der Waals surface area (Å²) in [5, 5.41) is 0. The van der Waals surface area contributed by atoms with Gasteiger partial charge in [0.05, 0.1) is 17.4 Å². The van der Waals surface area contributed by atoms with Gasteiger partial charge in [-0.25, -0.2) is 4.39 Å². The van der Waals surface area contributed by atoms with Crippen LogP contribution in [0.4, 0.5) is 10.1 Å². The van der Waals surface area contributed by atoms with Crippen LogP contribution in [0.1, 0.15) is 61.4 Å². The lowest BCUT2D eigenvalue weighted by atomic mass is 9.98. The molecule has 3 aliphatic rings. The fourth-order valence-corrected chi connectivity index (χ4v) is 5.73. The molecule has 0 aromatic heterocycles. The Morgan fingerprint density at radius 3 is 2.81 bits per heavy atom. The Labute approximate surface area is 210 Å². The first-order valence-electron chi connectivity index (χ1n) is 12.7. The first-order chi connectivity index (χ1) is 17.4. The van der Waals surface area contributed by atoms with Crippen molar-refractivity contribution >= 4 is 23.4 Å². The molecule has 2 aromatic rings. The smallest absolute Gasteiger partial charge is 0.257 e. The molecule has 36 heavy (non-hydrogen) atoms. The molecular weight excluding hydrogens is 461 g/mol. The van der Waals surface area contributed by atoms with Gasteiger partial charge in [-0.1, -0.05) is 24.3 Å². The Morgan fingerprint density at radius 1 is 1.19 bits per heavy atom. The maximum atomic E-state index is 13.8. The molecule has 0 aliphatic carbocycles. The van der Waals surface area contributed by atoms with E-state index in [1.165, 1.54) is 12.1 Å². The molecule has 5 rings (SSSR count). The summed E-state index contributed by atoms with van der Waals surface area (Å²) in [6.07, 6.45) is 3.52. The highest BCUT2D eigenvalue weighted by Gasteiger charge is 2.52. The molecular formula is C28H32FN3O4. The van der Waals surface area contributed by atoms with E-state index in [2.05, 4.69) is 0 Å². The van der Waals surface area contributed by atoms with Gasteiger partial charge in [-0.15, -0.1) is 0 Å². The standard InChI is InChI=1S/C28H32FN3O4/c1-28-14-13-26(34)32(28)24-11-3-2-10-23(24)27(35)31(28)15-5-12-25(33)30(19-22-9-6-16-36-22)18-20-7-4-8-21(29)17-20/h2-4,7-8,10-11,17,22H,5-6,9,12-16,18-19H2,1H3. The van der Waals surface area contributed by atoms with E-state index in [1.54, 1.807) is 32.9 Å². The second-order valence-electron chi connectivity index (χ2n) is 10.1. The van der Waals surface area contributed by atoms with Gasteiger partial charge in [-0.05, 0) is 62.4 Å². The van der Waals surface area contributed by atoms with Crippen LogP contribution in [0.2, 0.25) is 0 Å². The molecule has 0 bridgehead atoms. The SMILES string of the molecule is CC12CCC(=O)N1c1ccccc1C(=O)N2CCCC(=O)N(Cc1cccc(F)c1)CC1CCCO1. The van der Waals surface area contributed by atoms with Crippen molar-refractivity contribution in [1.82, 2.24) is 9.80 Å². The number of nitrogens with zero attached hydrogens (tertiary/aromatic N) is 3. The number of fused-ring (bicyclic) bond motifs is 3. The van der Waals surface area contributed by atoms with Gasteiger partial charge in [0.1, 0.15) is 11.5 Å². The van der Waals surface area contributed by atoms with E-state index in [0.29, 0.717) is 56.8 Å². The van der Waals surface area contributed by atoms with Crippen LogP contribution in [0.25, 0.3) is 0 Å². The molecule has 3 heterocycles. The number of hydrogen-bond acceptors (Lipinski definition) is 4. The van der Waals surface area contributed by atoms with Crippen LogP contribution < -0.4 is 4.90 Å². The first kappa shape index (κ1) is 24.4. The highest BCUT2D eigenvalue weighted by atomic mass is 19.1. The number of rotatable bonds is 8. The monoisotopic (exact) mass is 493 g/mol. The third-order valence-corrected chi connectivity index (χ3v) is 7.58. The summed E-state index contributed by atoms with van der Waals surface area (Å²) >= 11 is 0. The predicted molar refractivity (Wildman–Crippen MR) is 133 cm³/mol. The number of halogens is 1. The highest BCUT2D eigenvalue weighted by Crippen LogP contribution is 2.44. The molecule has 0 spiro atoms. The molecule has 3 amide bonds. The molecule has 2 saturated heterocycles. The second kappa shape index (κ2) is 10.0. The lowest BCUT2D eigenvalue weighted by molar-refractivity contribution is -0.133. The minimum Gasteiger partial charge on any atom is -0.376 e. The van der Waals surface area contributed by atoms with E-state index < -0.39 is 5.66 Å². The van der Waals surface area contributed by atoms with E-state index in [-0.39, 0.29) is 36.1 Å². The molecule has 3 aliphatic heterocycles. The topological polar surface area (TPSA) is 70.2 Å². The molecule has 2 atom stereocenters. The van der Waals surface area contributed by atoms with Crippen molar-refractivity contribution in [2.24, 2.45) is 0 Å². The number of carbonyl (C=O) groups excluding carboxylic acids is 3. The van der Waals surface area contributed by atoms with Gasteiger partial charge in [0.25, 0.3) is 5.91 Å². The average Bonchev–Trinajstić information content (AvgIpc) is 3.48. The maximum absolute atomic E-state index is 13.8. The summed E-state index contributed by atoms with van der Waals surface area (Å²) in [6.45, 7) is 3.77. The van der Waals surface area contributed by atoms with Gasteiger partial charge >= 0.3 is 0 Å². The van der Waals surface area contributed by atoms with Crippen LogP contribution >= 0.6 is 0 Å². The summed E-state index contributed by atoms with van der Waals surface area (Å²) in [5.74, 6) is -0.479. The third kappa shape index (κ3) is 4.62. The van der Waals surface area contributed by atoms with Crippen LogP contribution in [0, 0.1) is 5.82 Å². The third-order valence-electron chi connectivity index (χ3n) is 7.58. The Balaban J connectivity index is 1.28. The number of para-hydroxylation sites is 1. The summed E-state index contributed by atoms with van der Waals surface area (Å²) in [7, 11) is 0. The maximum Gasteiger partial charge on any atom is 0.257 e. The predicted octanol–water partition coefficient (Wildman–Crippen LogP) is 4.11. The summed E-state index contributed by atoms with van der Waals surface area (Å²) in [5.41, 5.74) is 1.18. The number of hydrogen-bond donors (Lipinski definition) is 0. The number of benzene rings is 2. The Bertz CT molecular complexity index is 1160. The Hall–Kier alpha value is -3.26. The quantitative estimate of drug-likeness (QED) is 0.555. The fraction of sp³-hybridized carbons (Fsp3) is 0.464. The van der Waals surface area contributed by atoms with Crippen LogP contribution in [0.15, 0.2) is 48.5 Å². The van der Waals surface area contributed by atoms with Crippen LogP contribution in [-0.2, 0) is 20.9 Å². The van der Waals surface area contributed by atoms with Gasteiger partial charge in [0.15, 0.2) is 0 Å². The Morgan fingerprint density at radius 2 is 2.03 bits per heavy atom. The van der Waals surface area contributed by atoms with Crippen molar-refractivity contribution in [3.63, 3.8) is 0 Å². The molecule has 2 aromatic carbocycles. The van der Waals surface area contributed by atoms with E-state index >= 15 is 0 Å². The summed E-state index contributed by atoms with van der Waals surface area (Å²) in [6, 6.07) is 13.5. The zero-order valence-electron chi connectivity index (χ0n) is 20.6. The molecule has 2 unspecified atom stereocenters. The van der Waals surface area contributed by atoms with E-state index in [9.17, 15) is 18.8 Å². The molecule has 0 N–H and O–H groups in total. The van der Waals surface area contributed by atoms with Crippen LogP contribution in [-0.4, -0.2) is 59.0 Å². The number of amides is 3. The number of carbonyl (C=O) groups is 3. The average molecular weight is 494 g/mol. The molecule has 8 heteroatoms. The number of anilines is 1. The van der Waals surface area contributed by atoms with Crippen LogP contribution in [0.5, 0.6) is 0 Å². The Kier molecular flexibility index (Phi) is 6.79. The minimum absolute atomic E-state index is 0.0105. The molecule has 0 saturated carbocycles. The fourth-order valence-electron chi connectivity index (χ4n) is 5.73. The minimum atomic E-state index is -0.732. The van der Waals surface area contributed by atoms with Gasteiger partial charge < -0.3 is 14.5 Å². The van der Waals surface area contributed by atoms with Gasteiger partial charge in [0, 0.05) is 39.1 Å². The zero-order chi connectivity index (χ0) is 25.3. The van der Waals surface area contributed by atoms with E-state index in [4.69, 9.17) is 4.74 Å². The highest BCUT2D eigenvalue weighted by molar-refractivity contribution is 6.10. The lowest BCUT2D eigenvalue weighted by Gasteiger charge is -2.48. The molecule has 7 nitrogen and oxygen atoms in total. The van der Waals surface area contributed by atoms with Crippen molar-refractivity contribution in [2.45, 2.75) is 63.8 Å². The van der Waals surface area contributed by atoms with Gasteiger partial charge in [-0.3, -0.25) is 19.3 Å². The van der Waals surface area contributed by atoms with Crippen molar-refractivity contribution in [3.8, 4) is 0 Å². The van der Waals surface area contributed by atoms with E-state index in [1.807, 2.05) is 25.1 Å². The van der Waals surface area contributed by atoms with Crippen molar-refractivity contribution in [3.05, 3.63) is 65.5 Å². The zero-order valence-corrected chi connectivity index (χ0v) is 20.6. The number of ether oxygens (including phenoxy) is 1. The second-order valence-corrected chi connectivity index (χ2v) is 10.1. The van der Waals surface area contributed by atoms with E-state index in [0.717, 1.165) is 18.4 Å². The molecule has 2 fully saturated rings. The van der Waals surface area contributed by atoms with Gasteiger partial charge in [-0.2, -0.15) is 0 Å². The summed E-state index contributed by atoms with van der Waals surface area (Å²) < 4.78 is 19.5. The largest absolute Gasteiger partial charge is 0.376 e. The van der Waals surface area contributed by atoms with Crippen molar-refractivity contribution < 1.29 is 23.5 Å². The molecule has 190 valence electrons. The van der Waals surface area contributed by atoms with Crippen molar-refractivity contribution in [2.75, 3.05) is 24.6 Å². The lowest BCUT2D eigenvalue weighted by Crippen LogP contribution is -2.62.